The summed E-state index contributed by atoms with van der Waals surface area (Å²) in [4.78, 5) is 14.5. The van der Waals surface area contributed by atoms with Crippen molar-refractivity contribution in [3.05, 3.63) is 58.9 Å². The highest BCUT2D eigenvalue weighted by molar-refractivity contribution is 5.76. The normalized spacial score (nSPS) is 16.6. The van der Waals surface area contributed by atoms with Crippen LogP contribution in [0, 0.1) is 12.7 Å². The number of hydrogen-bond donors (Lipinski definition) is 1. The van der Waals surface area contributed by atoms with Gasteiger partial charge >= 0.3 is 0 Å². The summed E-state index contributed by atoms with van der Waals surface area (Å²) in [6, 6.07) is 10.5. The second kappa shape index (κ2) is 9.06. The summed E-state index contributed by atoms with van der Waals surface area (Å²) in [7, 11) is 1.64. The Morgan fingerprint density at radius 1 is 1.32 bits per heavy atom. The zero-order valence-corrected chi connectivity index (χ0v) is 16.6. The van der Waals surface area contributed by atoms with Crippen LogP contribution in [-0.4, -0.2) is 37.1 Å². The Hall–Kier alpha value is -2.60. The van der Waals surface area contributed by atoms with Gasteiger partial charge in [0.25, 0.3) is 0 Å². The van der Waals surface area contributed by atoms with E-state index in [0.717, 1.165) is 41.3 Å². The Labute approximate surface area is 165 Å². The van der Waals surface area contributed by atoms with E-state index < -0.39 is 0 Å². The Balaban J connectivity index is 1.54. The molecule has 6 heteroatoms. The fourth-order valence-electron chi connectivity index (χ4n) is 3.37. The fraction of sp³-hybridized carbons (Fsp3) is 0.409. The van der Waals surface area contributed by atoms with Crippen molar-refractivity contribution in [2.45, 2.75) is 39.5 Å². The Morgan fingerprint density at radius 2 is 2.14 bits per heavy atom. The summed E-state index contributed by atoms with van der Waals surface area (Å²) in [6.45, 7) is 6.37. The third-order valence-corrected chi connectivity index (χ3v) is 4.95. The SMILES string of the molecule is COc1ccc2c(c1)O[C@@H](C)CN(CCC(=O)NCc1cc(F)ccc1C)C2. The molecule has 0 aliphatic carbocycles. The molecule has 5 nitrogen and oxygen atoms in total. The van der Waals surface area contributed by atoms with Crippen molar-refractivity contribution in [2.75, 3.05) is 20.2 Å². The lowest BCUT2D eigenvalue weighted by atomic mass is 10.1. The second-order valence-corrected chi connectivity index (χ2v) is 7.23. The lowest BCUT2D eigenvalue weighted by Crippen LogP contribution is -2.34. The number of carbonyl (C=O) groups excluding carboxylic acids is 1. The Bertz CT molecular complexity index is 841. The lowest BCUT2D eigenvalue weighted by Gasteiger charge is -2.21. The number of methoxy groups -OCH3 is 1. The van der Waals surface area contributed by atoms with Crippen molar-refractivity contribution in [2.24, 2.45) is 0 Å². The number of amides is 1. The number of rotatable bonds is 6. The number of ether oxygens (including phenoxy) is 2. The largest absolute Gasteiger partial charge is 0.497 e. The first kappa shape index (κ1) is 20.1. The van der Waals surface area contributed by atoms with Crippen LogP contribution in [0.3, 0.4) is 0 Å². The van der Waals surface area contributed by atoms with Crippen LogP contribution in [0.25, 0.3) is 0 Å². The molecule has 0 spiro atoms. The van der Waals surface area contributed by atoms with E-state index >= 15 is 0 Å². The monoisotopic (exact) mass is 386 g/mol. The van der Waals surface area contributed by atoms with Gasteiger partial charge in [-0.1, -0.05) is 12.1 Å². The molecular weight excluding hydrogens is 359 g/mol. The third kappa shape index (κ3) is 5.23. The average Bonchev–Trinajstić information content (AvgIpc) is 2.83. The van der Waals surface area contributed by atoms with Crippen LogP contribution in [0.5, 0.6) is 11.5 Å². The molecule has 3 rings (SSSR count). The molecule has 0 saturated carbocycles. The van der Waals surface area contributed by atoms with Crippen molar-refractivity contribution < 1.29 is 18.7 Å². The summed E-state index contributed by atoms with van der Waals surface area (Å²) < 4.78 is 24.6. The molecule has 1 aliphatic rings. The molecule has 0 unspecified atom stereocenters. The van der Waals surface area contributed by atoms with Gasteiger partial charge in [-0.15, -0.1) is 0 Å². The topological polar surface area (TPSA) is 50.8 Å². The van der Waals surface area contributed by atoms with Crippen molar-refractivity contribution in [1.82, 2.24) is 10.2 Å². The zero-order valence-electron chi connectivity index (χ0n) is 16.6. The molecule has 0 saturated heterocycles. The Morgan fingerprint density at radius 3 is 2.93 bits per heavy atom. The summed E-state index contributed by atoms with van der Waals surface area (Å²) in [5.41, 5.74) is 2.85. The first-order chi connectivity index (χ1) is 13.4. The molecule has 2 aromatic carbocycles. The highest BCUT2D eigenvalue weighted by Crippen LogP contribution is 2.29. The molecule has 1 atom stereocenters. The maximum Gasteiger partial charge on any atom is 0.221 e. The number of carbonyl (C=O) groups is 1. The Kier molecular flexibility index (Phi) is 6.52. The highest BCUT2D eigenvalue weighted by atomic mass is 19.1. The zero-order chi connectivity index (χ0) is 20.1. The molecule has 0 aromatic heterocycles. The quantitative estimate of drug-likeness (QED) is 0.826. The number of aryl methyl sites for hydroxylation is 1. The van der Waals surface area contributed by atoms with E-state index in [0.29, 0.717) is 19.5 Å². The molecule has 0 bridgehead atoms. The van der Waals surface area contributed by atoms with E-state index in [1.807, 2.05) is 32.0 Å². The van der Waals surface area contributed by atoms with Gasteiger partial charge in [0.05, 0.1) is 7.11 Å². The van der Waals surface area contributed by atoms with E-state index in [4.69, 9.17) is 9.47 Å². The minimum absolute atomic E-state index is 0.0198. The summed E-state index contributed by atoms with van der Waals surface area (Å²) in [6.07, 6.45) is 0.401. The van der Waals surface area contributed by atoms with Gasteiger partial charge in [-0.25, -0.2) is 4.39 Å². The van der Waals surface area contributed by atoms with Gasteiger partial charge in [0.1, 0.15) is 23.4 Å². The van der Waals surface area contributed by atoms with Crippen molar-refractivity contribution in [3.8, 4) is 11.5 Å². The predicted molar refractivity (Wildman–Crippen MR) is 106 cm³/mol. The number of nitrogens with one attached hydrogen (secondary N) is 1. The predicted octanol–water partition coefficient (Wildman–Crippen LogP) is 3.43. The number of nitrogens with zero attached hydrogens (tertiary/aromatic N) is 1. The van der Waals surface area contributed by atoms with Crippen LogP contribution in [-0.2, 0) is 17.9 Å². The van der Waals surface area contributed by atoms with E-state index in [1.54, 1.807) is 13.2 Å². The highest BCUT2D eigenvalue weighted by Gasteiger charge is 2.21. The van der Waals surface area contributed by atoms with Gasteiger partial charge in [0, 0.05) is 44.2 Å². The van der Waals surface area contributed by atoms with Crippen LogP contribution in [0.2, 0.25) is 0 Å². The number of fused-ring (bicyclic) bond motifs is 1. The number of benzene rings is 2. The van der Waals surface area contributed by atoms with Crippen molar-refractivity contribution >= 4 is 5.91 Å². The molecule has 2 aromatic rings. The van der Waals surface area contributed by atoms with Crippen LogP contribution < -0.4 is 14.8 Å². The number of halogens is 1. The lowest BCUT2D eigenvalue weighted by molar-refractivity contribution is -0.121. The summed E-state index contributed by atoms with van der Waals surface area (Å²) in [5.74, 6) is 1.27. The van der Waals surface area contributed by atoms with E-state index in [2.05, 4.69) is 10.2 Å². The summed E-state index contributed by atoms with van der Waals surface area (Å²) in [5, 5.41) is 2.89. The average molecular weight is 386 g/mol. The van der Waals surface area contributed by atoms with Gasteiger partial charge in [-0.3, -0.25) is 9.69 Å². The molecule has 1 heterocycles. The maximum absolute atomic E-state index is 13.4. The van der Waals surface area contributed by atoms with Gasteiger partial charge in [-0.05, 0) is 43.2 Å². The van der Waals surface area contributed by atoms with Gasteiger partial charge in [-0.2, -0.15) is 0 Å². The summed E-state index contributed by atoms with van der Waals surface area (Å²) >= 11 is 0. The van der Waals surface area contributed by atoms with E-state index in [9.17, 15) is 9.18 Å². The molecular formula is C22H27FN2O3. The minimum atomic E-state index is -0.288. The van der Waals surface area contributed by atoms with Crippen LogP contribution >= 0.6 is 0 Å². The van der Waals surface area contributed by atoms with Crippen LogP contribution in [0.4, 0.5) is 4.39 Å². The van der Waals surface area contributed by atoms with Crippen molar-refractivity contribution in [3.63, 3.8) is 0 Å². The molecule has 1 amide bonds. The van der Waals surface area contributed by atoms with Crippen LogP contribution in [0.15, 0.2) is 36.4 Å². The molecule has 150 valence electrons. The molecule has 0 radical (unpaired) electrons. The maximum atomic E-state index is 13.4. The van der Waals surface area contributed by atoms with Crippen molar-refractivity contribution in [1.29, 1.82) is 0 Å². The van der Waals surface area contributed by atoms with Gasteiger partial charge in [0.15, 0.2) is 0 Å². The van der Waals surface area contributed by atoms with E-state index in [-0.39, 0.29) is 17.8 Å². The minimum Gasteiger partial charge on any atom is -0.497 e. The molecule has 1 N–H and O–H groups in total. The molecule has 0 fully saturated rings. The first-order valence-corrected chi connectivity index (χ1v) is 9.52. The molecule has 28 heavy (non-hydrogen) atoms. The fourth-order valence-corrected chi connectivity index (χ4v) is 3.37. The molecule has 1 aliphatic heterocycles. The smallest absolute Gasteiger partial charge is 0.221 e. The van der Waals surface area contributed by atoms with Gasteiger partial charge in [0.2, 0.25) is 5.91 Å². The van der Waals surface area contributed by atoms with Crippen LogP contribution in [0.1, 0.15) is 30.0 Å². The first-order valence-electron chi connectivity index (χ1n) is 9.52. The standard InChI is InChI=1S/C22H27FN2O3/c1-15-4-6-19(23)10-18(15)12-24-22(26)8-9-25-13-16(2)28-21-11-20(27-3)7-5-17(21)14-25/h4-7,10-11,16H,8-9,12-14H2,1-3H3,(H,24,26)/t16-/m0/s1. The van der Waals surface area contributed by atoms with E-state index in [1.165, 1.54) is 12.1 Å². The third-order valence-electron chi connectivity index (χ3n) is 4.95. The number of hydrogen-bond acceptors (Lipinski definition) is 4. The van der Waals surface area contributed by atoms with Gasteiger partial charge < -0.3 is 14.8 Å². The second-order valence-electron chi connectivity index (χ2n) is 7.23.